The summed E-state index contributed by atoms with van der Waals surface area (Å²) in [7, 11) is -3.81. The first kappa shape index (κ1) is 9.66. The zero-order chi connectivity index (χ0) is 9.90. The normalized spacial score (nSPS) is 11.1. The van der Waals surface area contributed by atoms with E-state index in [1.165, 1.54) is 18.2 Å². The van der Waals surface area contributed by atoms with Crippen LogP contribution in [0, 0.1) is 16.2 Å². The summed E-state index contributed by atoms with van der Waals surface area (Å²) in [5, 5.41) is 10.0. The monoisotopic (exact) mass is 200 g/mol. The number of hydrogen-bond donors (Lipinski definition) is 0. The number of benzene rings is 1. The summed E-state index contributed by atoms with van der Waals surface area (Å²) in [6.45, 7) is 0. The predicted octanol–water partition coefficient (Wildman–Crippen LogP) is 0.495. The van der Waals surface area contributed by atoms with Crippen LogP contribution >= 0.6 is 0 Å². The van der Waals surface area contributed by atoms with E-state index in [0.717, 1.165) is 0 Å². The lowest BCUT2D eigenvalue weighted by atomic mass is 10.4. The minimum Gasteiger partial charge on any atom is -0.263 e. The van der Waals surface area contributed by atoms with Crippen molar-refractivity contribution in [1.29, 1.82) is 0 Å². The van der Waals surface area contributed by atoms with Gasteiger partial charge in [0.1, 0.15) is 0 Å². The zero-order valence-corrected chi connectivity index (χ0v) is 7.32. The topological polar surface area (TPSA) is 77.3 Å². The molecule has 0 atom stereocenters. The van der Waals surface area contributed by atoms with Crippen molar-refractivity contribution in [2.24, 2.45) is 0 Å². The highest BCUT2D eigenvalue weighted by Gasteiger charge is 2.20. The van der Waals surface area contributed by atoms with Crippen molar-refractivity contribution in [2.75, 3.05) is 5.88 Å². The third kappa shape index (κ3) is 2.51. The van der Waals surface area contributed by atoms with Crippen LogP contribution in [-0.2, 0) is 9.84 Å². The van der Waals surface area contributed by atoms with Crippen LogP contribution in [0.3, 0.4) is 0 Å². The average Bonchev–Trinajstić information content (AvgIpc) is 2.04. The number of nitro groups is 1. The fourth-order valence-corrected chi connectivity index (χ4v) is 1.73. The van der Waals surface area contributed by atoms with Crippen LogP contribution in [0.5, 0.6) is 0 Å². The molecule has 1 rings (SSSR count). The van der Waals surface area contributed by atoms with E-state index in [4.69, 9.17) is 0 Å². The summed E-state index contributed by atoms with van der Waals surface area (Å²) in [5.41, 5.74) is 0. The second-order valence-electron chi connectivity index (χ2n) is 2.30. The molecule has 6 heteroatoms. The van der Waals surface area contributed by atoms with Crippen molar-refractivity contribution < 1.29 is 13.3 Å². The van der Waals surface area contributed by atoms with E-state index in [9.17, 15) is 18.5 Å². The third-order valence-electron chi connectivity index (χ3n) is 1.29. The maximum Gasteiger partial charge on any atom is 0.305 e. The van der Waals surface area contributed by atoms with Gasteiger partial charge in [0.25, 0.3) is 0 Å². The summed E-state index contributed by atoms with van der Waals surface area (Å²) in [4.78, 5) is 8.98. The van der Waals surface area contributed by atoms with Crippen molar-refractivity contribution in [3.8, 4) is 0 Å². The lowest BCUT2D eigenvalue weighted by molar-refractivity contribution is -0.458. The van der Waals surface area contributed by atoms with E-state index in [-0.39, 0.29) is 4.90 Å². The van der Waals surface area contributed by atoms with Crippen molar-refractivity contribution in [3.05, 3.63) is 40.4 Å². The first-order valence-corrected chi connectivity index (χ1v) is 4.99. The standard InChI is InChI=1S/C7H6NO4S/c9-8(10)6-13(11,12)7-4-2-1-3-5-7/h1-4H,6H2. The second kappa shape index (κ2) is 3.53. The quantitative estimate of drug-likeness (QED) is 0.525. The molecule has 0 unspecified atom stereocenters. The van der Waals surface area contributed by atoms with Gasteiger partial charge in [0.05, 0.1) is 4.90 Å². The molecule has 0 N–H and O–H groups in total. The number of hydrogen-bond acceptors (Lipinski definition) is 4. The van der Waals surface area contributed by atoms with Crippen LogP contribution < -0.4 is 0 Å². The molecule has 0 aromatic heterocycles. The summed E-state index contributed by atoms with van der Waals surface area (Å²) < 4.78 is 22.3. The Hall–Kier alpha value is -1.43. The van der Waals surface area contributed by atoms with Crippen LogP contribution in [-0.4, -0.2) is 19.2 Å². The van der Waals surface area contributed by atoms with Gasteiger partial charge in [0, 0.05) is 11.0 Å². The van der Waals surface area contributed by atoms with E-state index in [2.05, 4.69) is 6.07 Å². The minimum atomic E-state index is -3.81. The summed E-state index contributed by atoms with van der Waals surface area (Å²) in [6.07, 6.45) is 0. The molecular formula is C7H6NO4S. The highest BCUT2D eigenvalue weighted by molar-refractivity contribution is 7.91. The lowest BCUT2D eigenvalue weighted by Crippen LogP contribution is -2.14. The van der Waals surface area contributed by atoms with Gasteiger partial charge in [-0.1, -0.05) is 18.2 Å². The van der Waals surface area contributed by atoms with Crippen LogP contribution in [0.15, 0.2) is 29.2 Å². The van der Waals surface area contributed by atoms with E-state index in [1.54, 1.807) is 6.07 Å². The molecule has 13 heavy (non-hydrogen) atoms. The molecule has 0 bridgehead atoms. The number of sulfone groups is 1. The fraction of sp³-hybridized carbons (Fsp3) is 0.143. The molecule has 1 aromatic rings. The van der Waals surface area contributed by atoms with E-state index in [0.29, 0.717) is 0 Å². The average molecular weight is 200 g/mol. The van der Waals surface area contributed by atoms with Gasteiger partial charge in [0.2, 0.25) is 9.84 Å². The Morgan fingerprint density at radius 3 is 2.62 bits per heavy atom. The molecular weight excluding hydrogens is 194 g/mol. The Morgan fingerprint density at radius 2 is 2.15 bits per heavy atom. The summed E-state index contributed by atoms with van der Waals surface area (Å²) in [6, 6.07) is 8.17. The molecule has 0 aliphatic heterocycles. The largest absolute Gasteiger partial charge is 0.305 e. The van der Waals surface area contributed by atoms with Gasteiger partial charge in [-0.3, -0.25) is 10.1 Å². The summed E-state index contributed by atoms with van der Waals surface area (Å²) >= 11 is 0. The number of nitrogens with zero attached hydrogens (tertiary/aromatic N) is 1. The third-order valence-corrected chi connectivity index (χ3v) is 2.77. The van der Waals surface area contributed by atoms with E-state index >= 15 is 0 Å². The highest BCUT2D eigenvalue weighted by atomic mass is 32.2. The first-order valence-electron chi connectivity index (χ1n) is 3.33. The van der Waals surface area contributed by atoms with Crippen molar-refractivity contribution in [3.63, 3.8) is 0 Å². The molecule has 1 aromatic carbocycles. The van der Waals surface area contributed by atoms with Gasteiger partial charge >= 0.3 is 5.88 Å². The lowest BCUT2D eigenvalue weighted by Gasteiger charge is -1.97. The van der Waals surface area contributed by atoms with Crippen LogP contribution in [0.25, 0.3) is 0 Å². The SMILES string of the molecule is O=[N+]([O-])CS(=O)(=O)c1[c]cccc1. The van der Waals surface area contributed by atoms with Crippen molar-refractivity contribution in [1.82, 2.24) is 0 Å². The Bertz CT molecular complexity index is 398. The summed E-state index contributed by atoms with van der Waals surface area (Å²) in [5.74, 6) is -1.09. The molecule has 1 radical (unpaired) electrons. The molecule has 5 nitrogen and oxygen atoms in total. The van der Waals surface area contributed by atoms with Gasteiger partial charge < -0.3 is 0 Å². The Morgan fingerprint density at radius 1 is 1.46 bits per heavy atom. The van der Waals surface area contributed by atoms with Gasteiger partial charge in [-0.25, -0.2) is 8.42 Å². The van der Waals surface area contributed by atoms with Gasteiger partial charge in [-0.2, -0.15) is 0 Å². The maximum atomic E-state index is 11.2. The molecule has 0 fully saturated rings. The van der Waals surface area contributed by atoms with E-state index in [1.807, 2.05) is 0 Å². The second-order valence-corrected chi connectivity index (χ2v) is 4.23. The molecule has 0 spiro atoms. The molecule has 0 saturated heterocycles. The molecule has 0 amide bonds. The van der Waals surface area contributed by atoms with Crippen LogP contribution in [0.1, 0.15) is 0 Å². The van der Waals surface area contributed by atoms with Gasteiger partial charge in [0.15, 0.2) is 0 Å². The molecule has 0 heterocycles. The van der Waals surface area contributed by atoms with Gasteiger partial charge in [-0.15, -0.1) is 0 Å². The van der Waals surface area contributed by atoms with Crippen LogP contribution in [0.2, 0.25) is 0 Å². The molecule has 0 aliphatic carbocycles. The Labute approximate surface area is 75.1 Å². The van der Waals surface area contributed by atoms with Crippen LogP contribution in [0.4, 0.5) is 0 Å². The number of rotatable bonds is 3. The van der Waals surface area contributed by atoms with Gasteiger partial charge in [-0.05, 0) is 6.07 Å². The fourth-order valence-electron chi connectivity index (χ4n) is 0.779. The Balaban J connectivity index is 3.02. The Kier molecular flexibility index (Phi) is 2.62. The molecule has 69 valence electrons. The van der Waals surface area contributed by atoms with Crippen molar-refractivity contribution in [2.45, 2.75) is 4.90 Å². The molecule has 0 aliphatic rings. The smallest absolute Gasteiger partial charge is 0.263 e. The predicted molar refractivity (Wildman–Crippen MR) is 44.3 cm³/mol. The highest BCUT2D eigenvalue weighted by Crippen LogP contribution is 2.08. The van der Waals surface area contributed by atoms with Crippen molar-refractivity contribution >= 4 is 9.84 Å². The first-order chi connectivity index (χ1) is 6.02. The zero-order valence-electron chi connectivity index (χ0n) is 6.50. The van der Waals surface area contributed by atoms with E-state index < -0.39 is 20.6 Å². The maximum absolute atomic E-state index is 11.2. The minimum absolute atomic E-state index is 0.147. The molecule has 0 saturated carbocycles.